The lowest BCUT2D eigenvalue weighted by atomic mass is 10.0. The van der Waals surface area contributed by atoms with E-state index in [4.69, 9.17) is 9.84 Å². The van der Waals surface area contributed by atoms with Crippen LogP contribution in [-0.2, 0) is 4.79 Å². The fraction of sp³-hybridized carbons (Fsp3) is 0.500. The number of anilines is 1. The Kier molecular flexibility index (Phi) is 4.42. The van der Waals surface area contributed by atoms with Gasteiger partial charge in [0.15, 0.2) is 5.60 Å². The average molecular weight is 306 g/mol. The largest absolute Gasteiger partial charge is 0.478 e. The molecule has 0 aliphatic carbocycles. The predicted molar refractivity (Wildman–Crippen MR) is 83.6 cm³/mol. The van der Waals surface area contributed by atoms with Gasteiger partial charge in [-0.1, -0.05) is 0 Å². The van der Waals surface area contributed by atoms with Crippen LogP contribution >= 0.6 is 0 Å². The lowest BCUT2D eigenvalue weighted by Gasteiger charge is -2.39. The van der Waals surface area contributed by atoms with E-state index in [9.17, 15) is 9.59 Å². The van der Waals surface area contributed by atoms with Crippen molar-refractivity contribution in [1.29, 1.82) is 0 Å². The van der Waals surface area contributed by atoms with Gasteiger partial charge in [0, 0.05) is 6.54 Å². The minimum atomic E-state index is -1.02. The van der Waals surface area contributed by atoms with E-state index in [0.717, 1.165) is 13.0 Å². The molecule has 0 radical (unpaired) electrons. The monoisotopic (exact) mass is 306 g/mol. The van der Waals surface area contributed by atoms with Crippen molar-refractivity contribution in [3.8, 4) is 5.75 Å². The minimum Gasteiger partial charge on any atom is -0.478 e. The molecule has 1 amide bonds. The van der Waals surface area contributed by atoms with Gasteiger partial charge in [-0.2, -0.15) is 0 Å². The molecule has 1 aromatic rings. The Balaban J connectivity index is 2.35. The second-order valence-corrected chi connectivity index (χ2v) is 6.21. The average Bonchev–Trinajstić information content (AvgIpc) is 2.41. The molecule has 1 aliphatic heterocycles. The Labute approximate surface area is 130 Å². The summed E-state index contributed by atoms with van der Waals surface area (Å²) < 4.78 is 5.73. The molecule has 6 nitrogen and oxygen atoms in total. The van der Waals surface area contributed by atoms with Crippen molar-refractivity contribution in [3.63, 3.8) is 0 Å². The highest BCUT2D eigenvalue weighted by molar-refractivity contribution is 6.03. The zero-order valence-electron chi connectivity index (χ0n) is 13.4. The van der Waals surface area contributed by atoms with Gasteiger partial charge in [0.2, 0.25) is 0 Å². The maximum absolute atomic E-state index is 12.6. The Hall–Kier alpha value is -2.08. The molecule has 1 N–H and O–H groups in total. The SMILES string of the molecule is CN(C)CCCN1C(=O)C(C)(C)Oc2ccc(C(=O)O)cc21. The fourth-order valence-electron chi connectivity index (χ4n) is 2.47. The van der Waals surface area contributed by atoms with Crippen molar-refractivity contribution < 1.29 is 19.4 Å². The first kappa shape index (κ1) is 16.3. The molecule has 1 aliphatic rings. The molecule has 6 heteroatoms. The number of aromatic carboxylic acids is 1. The van der Waals surface area contributed by atoms with Crippen LogP contribution < -0.4 is 9.64 Å². The summed E-state index contributed by atoms with van der Waals surface area (Å²) in [6.07, 6.45) is 0.797. The van der Waals surface area contributed by atoms with Gasteiger partial charge in [-0.25, -0.2) is 4.79 Å². The van der Waals surface area contributed by atoms with E-state index in [2.05, 4.69) is 0 Å². The molecule has 0 unspecified atom stereocenters. The number of carboxylic acids is 1. The van der Waals surface area contributed by atoms with Crippen molar-refractivity contribution in [2.75, 3.05) is 32.1 Å². The second kappa shape index (κ2) is 5.96. The summed E-state index contributed by atoms with van der Waals surface area (Å²) >= 11 is 0. The number of hydrogen-bond donors (Lipinski definition) is 1. The maximum atomic E-state index is 12.6. The standard InChI is InChI=1S/C16H22N2O4/c1-16(2)15(21)18(9-5-8-17(3)4)12-10-11(14(19)20)6-7-13(12)22-16/h6-7,10H,5,8-9H2,1-4H3,(H,19,20). The van der Waals surface area contributed by atoms with Crippen LogP contribution in [0, 0.1) is 0 Å². The van der Waals surface area contributed by atoms with Crippen LogP contribution in [0.4, 0.5) is 5.69 Å². The lowest BCUT2D eigenvalue weighted by molar-refractivity contribution is -0.132. The first-order chi connectivity index (χ1) is 10.2. The lowest BCUT2D eigenvalue weighted by Crippen LogP contribution is -2.53. The van der Waals surface area contributed by atoms with Gasteiger partial charge in [0.1, 0.15) is 5.75 Å². The second-order valence-electron chi connectivity index (χ2n) is 6.21. The molecular formula is C16H22N2O4. The van der Waals surface area contributed by atoms with Crippen molar-refractivity contribution in [1.82, 2.24) is 4.90 Å². The smallest absolute Gasteiger partial charge is 0.335 e. The molecule has 0 aromatic heterocycles. The van der Waals surface area contributed by atoms with E-state index >= 15 is 0 Å². The van der Waals surface area contributed by atoms with Crippen LogP contribution in [0.3, 0.4) is 0 Å². The molecule has 0 atom stereocenters. The number of nitrogens with zero attached hydrogens (tertiary/aromatic N) is 2. The van der Waals surface area contributed by atoms with Crippen LogP contribution in [0.1, 0.15) is 30.6 Å². The molecule has 1 aromatic carbocycles. The van der Waals surface area contributed by atoms with E-state index in [1.165, 1.54) is 12.1 Å². The summed E-state index contributed by atoms with van der Waals surface area (Å²) in [5, 5.41) is 9.14. The molecule has 0 spiro atoms. The zero-order valence-corrected chi connectivity index (χ0v) is 13.4. The van der Waals surface area contributed by atoms with Crippen LogP contribution in [-0.4, -0.2) is 54.7 Å². The van der Waals surface area contributed by atoms with Crippen LogP contribution in [0.25, 0.3) is 0 Å². The molecule has 22 heavy (non-hydrogen) atoms. The molecule has 0 bridgehead atoms. The third-order valence-corrected chi connectivity index (χ3v) is 3.61. The van der Waals surface area contributed by atoms with Crippen LogP contribution in [0.5, 0.6) is 5.75 Å². The van der Waals surface area contributed by atoms with Crippen LogP contribution in [0.2, 0.25) is 0 Å². The van der Waals surface area contributed by atoms with Gasteiger partial charge in [-0.3, -0.25) is 4.79 Å². The Morgan fingerprint density at radius 1 is 1.36 bits per heavy atom. The molecule has 120 valence electrons. The van der Waals surface area contributed by atoms with Gasteiger partial charge in [0.25, 0.3) is 5.91 Å². The van der Waals surface area contributed by atoms with E-state index < -0.39 is 11.6 Å². The number of fused-ring (bicyclic) bond motifs is 1. The number of ether oxygens (including phenoxy) is 1. The minimum absolute atomic E-state index is 0.146. The number of benzene rings is 1. The Morgan fingerprint density at radius 3 is 2.64 bits per heavy atom. The summed E-state index contributed by atoms with van der Waals surface area (Å²) in [6, 6.07) is 4.61. The number of rotatable bonds is 5. The quantitative estimate of drug-likeness (QED) is 0.899. The van der Waals surface area contributed by atoms with Gasteiger partial charge in [0.05, 0.1) is 11.3 Å². The van der Waals surface area contributed by atoms with Gasteiger partial charge in [-0.05, 0) is 59.1 Å². The number of carbonyl (C=O) groups excluding carboxylic acids is 1. The highest BCUT2D eigenvalue weighted by atomic mass is 16.5. The van der Waals surface area contributed by atoms with Crippen molar-refractivity contribution in [2.24, 2.45) is 0 Å². The predicted octanol–water partition coefficient (Wildman–Crippen LogP) is 1.84. The van der Waals surface area contributed by atoms with E-state index in [1.54, 1.807) is 24.8 Å². The summed E-state index contributed by atoms with van der Waals surface area (Å²) in [4.78, 5) is 27.4. The summed E-state index contributed by atoms with van der Waals surface area (Å²) in [5.41, 5.74) is -0.272. The zero-order chi connectivity index (χ0) is 16.5. The summed E-state index contributed by atoms with van der Waals surface area (Å²) in [7, 11) is 3.95. The number of hydrogen-bond acceptors (Lipinski definition) is 4. The molecule has 1 heterocycles. The molecule has 0 fully saturated rings. The Bertz CT molecular complexity index is 596. The third kappa shape index (κ3) is 3.22. The third-order valence-electron chi connectivity index (χ3n) is 3.61. The first-order valence-electron chi connectivity index (χ1n) is 7.25. The van der Waals surface area contributed by atoms with Crippen molar-refractivity contribution in [3.05, 3.63) is 23.8 Å². The van der Waals surface area contributed by atoms with Crippen molar-refractivity contribution >= 4 is 17.6 Å². The Morgan fingerprint density at radius 2 is 2.05 bits per heavy atom. The molecule has 2 rings (SSSR count). The van der Waals surface area contributed by atoms with Crippen molar-refractivity contribution in [2.45, 2.75) is 25.9 Å². The van der Waals surface area contributed by atoms with Gasteiger partial charge in [-0.15, -0.1) is 0 Å². The van der Waals surface area contributed by atoms with E-state index in [1.807, 2.05) is 19.0 Å². The maximum Gasteiger partial charge on any atom is 0.335 e. The highest BCUT2D eigenvalue weighted by Crippen LogP contribution is 2.38. The number of carboxylic acid groups (broad SMARTS) is 1. The van der Waals surface area contributed by atoms with Gasteiger partial charge >= 0.3 is 5.97 Å². The number of amides is 1. The number of carbonyl (C=O) groups is 2. The van der Waals surface area contributed by atoms with Crippen LogP contribution in [0.15, 0.2) is 18.2 Å². The van der Waals surface area contributed by atoms with E-state index in [0.29, 0.717) is 18.0 Å². The summed E-state index contributed by atoms with van der Waals surface area (Å²) in [6.45, 7) is 4.82. The van der Waals surface area contributed by atoms with E-state index in [-0.39, 0.29) is 11.5 Å². The highest BCUT2D eigenvalue weighted by Gasteiger charge is 2.40. The van der Waals surface area contributed by atoms with Gasteiger partial charge < -0.3 is 19.6 Å². The topological polar surface area (TPSA) is 70.1 Å². The fourth-order valence-corrected chi connectivity index (χ4v) is 2.47. The first-order valence-corrected chi connectivity index (χ1v) is 7.25. The summed E-state index contributed by atoms with van der Waals surface area (Å²) in [5.74, 6) is -0.630. The normalized spacial score (nSPS) is 16.4. The molecule has 0 saturated carbocycles. The molecule has 0 saturated heterocycles. The molecular weight excluding hydrogens is 284 g/mol.